The fourth-order valence-electron chi connectivity index (χ4n) is 4.00. The molecule has 2 heterocycles. The van der Waals surface area contributed by atoms with Gasteiger partial charge in [-0.15, -0.1) is 0 Å². The van der Waals surface area contributed by atoms with Crippen molar-refractivity contribution in [1.29, 1.82) is 0 Å². The molecule has 1 aromatic carbocycles. The first-order valence-electron chi connectivity index (χ1n) is 9.28. The molecule has 2 aliphatic heterocycles. The van der Waals surface area contributed by atoms with Gasteiger partial charge in [-0.3, -0.25) is 4.79 Å². The molecule has 1 amide bonds. The van der Waals surface area contributed by atoms with Crippen LogP contribution in [0.1, 0.15) is 32.1 Å². The number of carbonyl (C=O) groups excluding carboxylic acids is 1. The van der Waals surface area contributed by atoms with Crippen molar-refractivity contribution in [3.8, 4) is 0 Å². The summed E-state index contributed by atoms with van der Waals surface area (Å²) in [5.41, 5.74) is 2.25. The van der Waals surface area contributed by atoms with Crippen molar-refractivity contribution in [2.45, 2.75) is 44.2 Å². The summed E-state index contributed by atoms with van der Waals surface area (Å²) in [6.45, 7) is 3.13. The summed E-state index contributed by atoms with van der Waals surface area (Å²) < 4.78 is 0. The van der Waals surface area contributed by atoms with Gasteiger partial charge >= 0.3 is 0 Å². The number of benzene rings is 1. The van der Waals surface area contributed by atoms with E-state index < -0.39 is 0 Å². The average Bonchev–Trinajstić information content (AvgIpc) is 3.41. The third kappa shape index (κ3) is 3.09. The normalized spacial score (nSPS) is 25.4. The highest BCUT2D eigenvalue weighted by molar-refractivity contribution is 5.88. The van der Waals surface area contributed by atoms with Crippen molar-refractivity contribution in [2.75, 3.05) is 36.5 Å². The minimum Gasteiger partial charge on any atom is -0.396 e. The highest BCUT2D eigenvalue weighted by Gasteiger charge is 2.40. The Morgan fingerprint density at radius 3 is 2.50 bits per heavy atom. The number of aliphatic hydroxyl groups excluding tert-OH is 1. The molecule has 130 valence electrons. The van der Waals surface area contributed by atoms with Gasteiger partial charge in [0.05, 0.1) is 11.4 Å². The van der Waals surface area contributed by atoms with Crippen LogP contribution in [0.3, 0.4) is 0 Å². The summed E-state index contributed by atoms with van der Waals surface area (Å²) in [5.74, 6) is 0.705. The van der Waals surface area contributed by atoms with Gasteiger partial charge < -0.3 is 20.2 Å². The van der Waals surface area contributed by atoms with E-state index in [1.54, 1.807) is 0 Å². The Balaban J connectivity index is 1.45. The summed E-state index contributed by atoms with van der Waals surface area (Å²) in [7, 11) is 0. The van der Waals surface area contributed by atoms with Gasteiger partial charge in [0.15, 0.2) is 0 Å². The summed E-state index contributed by atoms with van der Waals surface area (Å²) >= 11 is 0. The number of piperidine rings is 1. The van der Waals surface area contributed by atoms with Crippen LogP contribution in [0.25, 0.3) is 0 Å². The first kappa shape index (κ1) is 15.8. The van der Waals surface area contributed by atoms with E-state index in [2.05, 4.69) is 33.3 Å². The van der Waals surface area contributed by atoms with E-state index >= 15 is 0 Å². The maximum absolute atomic E-state index is 12.6. The van der Waals surface area contributed by atoms with Crippen LogP contribution >= 0.6 is 0 Å². The predicted molar refractivity (Wildman–Crippen MR) is 95.2 cm³/mol. The number of hydrogen-bond donors (Lipinski definition) is 2. The van der Waals surface area contributed by atoms with Crippen LogP contribution in [0.2, 0.25) is 0 Å². The molecule has 0 aromatic heterocycles. The molecule has 4 rings (SSSR count). The highest BCUT2D eigenvalue weighted by Crippen LogP contribution is 2.34. The molecule has 0 radical (unpaired) electrons. The molecule has 2 N–H and O–H groups in total. The Morgan fingerprint density at radius 2 is 1.79 bits per heavy atom. The van der Waals surface area contributed by atoms with Crippen LogP contribution in [0.5, 0.6) is 0 Å². The standard InChI is InChI=1S/C19H27N3O2/c23-13-14-7-10-21(11-8-14)18-4-2-1-3-16(18)20-17-9-12-22(19(17)24)15-5-6-15/h1-4,14-15,17,20,23H,5-13H2. The number of rotatable bonds is 5. The van der Waals surface area contributed by atoms with Crippen molar-refractivity contribution in [2.24, 2.45) is 5.92 Å². The summed E-state index contributed by atoms with van der Waals surface area (Å²) in [6, 6.07) is 8.75. The fourth-order valence-corrected chi connectivity index (χ4v) is 4.00. The van der Waals surface area contributed by atoms with Crippen LogP contribution in [0, 0.1) is 5.92 Å². The summed E-state index contributed by atoms with van der Waals surface area (Å²) in [5, 5.41) is 12.8. The maximum atomic E-state index is 12.6. The Labute approximate surface area is 143 Å². The van der Waals surface area contributed by atoms with Gasteiger partial charge in [-0.25, -0.2) is 0 Å². The minimum absolute atomic E-state index is 0.0817. The lowest BCUT2D eigenvalue weighted by Crippen LogP contribution is -2.37. The zero-order chi connectivity index (χ0) is 16.5. The molecule has 1 saturated carbocycles. The Morgan fingerprint density at radius 1 is 1.04 bits per heavy atom. The molecule has 2 saturated heterocycles. The van der Waals surface area contributed by atoms with Crippen molar-refractivity contribution >= 4 is 17.3 Å². The fraction of sp³-hybridized carbons (Fsp3) is 0.632. The molecule has 5 heteroatoms. The van der Waals surface area contributed by atoms with Crippen LogP contribution in [-0.2, 0) is 4.79 Å². The molecule has 1 unspecified atom stereocenters. The SMILES string of the molecule is O=C1C(Nc2ccccc2N2CCC(CO)CC2)CCN1C1CC1. The van der Waals surface area contributed by atoms with E-state index in [9.17, 15) is 9.90 Å². The van der Waals surface area contributed by atoms with Gasteiger partial charge in [0.2, 0.25) is 5.91 Å². The van der Waals surface area contributed by atoms with Crippen LogP contribution in [0.15, 0.2) is 24.3 Å². The van der Waals surface area contributed by atoms with Crippen molar-refractivity contribution in [3.05, 3.63) is 24.3 Å². The Hall–Kier alpha value is -1.75. The number of para-hydroxylation sites is 2. The molecule has 5 nitrogen and oxygen atoms in total. The van der Waals surface area contributed by atoms with Crippen molar-refractivity contribution in [3.63, 3.8) is 0 Å². The quantitative estimate of drug-likeness (QED) is 0.868. The molecule has 0 spiro atoms. The van der Waals surface area contributed by atoms with E-state index in [-0.39, 0.29) is 11.9 Å². The molecule has 3 aliphatic rings. The van der Waals surface area contributed by atoms with Gasteiger partial charge in [0, 0.05) is 32.3 Å². The largest absolute Gasteiger partial charge is 0.396 e. The number of nitrogens with one attached hydrogen (secondary N) is 1. The van der Waals surface area contributed by atoms with Gasteiger partial charge in [-0.1, -0.05) is 12.1 Å². The average molecular weight is 329 g/mol. The van der Waals surface area contributed by atoms with E-state index in [1.165, 1.54) is 18.5 Å². The topological polar surface area (TPSA) is 55.8 Å². The number of nitrogens with zero attached hydrogens (tertiary/aromatic N) is 2. The van der Waals surface area contributed by atoms with Crippen LogP contribution < -0.4 is 10.2 Å². The van der Waals surface area contributed by atoms with Gasteiger partial charge in [-0.2, -0.15) is 0 Å². The zero-order valence-corrected chi connectivity index (χ0v) is 14.2. The van der Waals surface area contributed by atoms with Gasteiger partial charge in [0.1, 0.15) is 6.04 Å². The third-order valence-electron chi connectivity index (χ3n) is 5.67. The molecular weight excluding hydrogens is 302 g/mol. The number of amides is 1. The van der Waals surface area contributed by atoms with E-state index in [1.807, 2.05) is 6.07 Å². The maximum Gasteiger partial charge on any atom is 0.245 e. The molecule has 0 bridgehead atoms. The lowest BCUT2D eigenvalue weighted by atomic mass is 9.97. The van der Waals surface area contributed by atoms with E-state index in [0.717, 1.165) is 44.6 Å². The Bertz CT molecular complexity index is 594. The number of hydrogen-bond acceptors (Lipinski definition) is 4. The predicted octanol–water partition coefficient (Wildman–Crippen LogP) is 2.07. The number of anilines is 2. The lowest BCUT2D eigenvalue weighted by molar-refractivity contribution is -0.128. The first-order valence-corrected chi connectivity index (χ1v) is 9.28. The third-order valence-corrected chi connectivity index (χ3v) is 5.67. The van der Waals surface area contributed by atoms with Crippen molar-refractivity contribution in [1.82, 2.24) is 4.90 Å². The summed E-state index contributed by atoms with van der Waals surface area (Å²) in [6.07, 6.45) is 5.31. The number of likely N-dealkylation sites (tertiary alicyclic amines) is 1. The molecule has 1 atom stereocenters. The van der Waals surface area contributed by atoms with Crippen LogP contribution in [-0.4, -0.2) is 54.2 Å². The van der Waals surface area contributed by atoms with E-state index in [4.69, 9.17) is 0 Å². The van der Waals surface area contributed by atoms with Crippen LogP contribution in [0.4, 0.5) is 11.4 Å². The smallest absolute Gasteiger partial charge is 0.245 e. The van der Waals surface area contributed by atoms with Gasteiger partial charge in [0.25, 0.3) is 0 Å². The number of aliphatic hydroxyl groups is 1. The monoisotopic (exact) mass is 329 g/mol. The minimum atomic E-state index is -0.0817. The lowest BCUT2D eigenvalue weighted by Gasteiger charge is -2.34. The van der Waals surface area contributed by atoms with Crippen molar-refractivity contribution < 1.29 is 9.90 Å². The second-order valence-electron chi connectivity index (χ2n) is 7.38. The molecule has 3 fully saturated rings. The first-order chi connectivity index (χ1) is 11.8. The summed E-state index contributed by atoms with van der Waals surface area (Å²) in [4.78, 5) is 17.0. The molecule has 1 aromatic rings. The zero-order valence-electron chi connectivity index (χ0n) is 14.2. The second-order valence-corrected chi connectivity index (χ2v) is 7.38. The highest BCUT2D eigenvalue weighted by atomic mass is 16.3. The Kier molecular flexibility index (Phi) is 4.35. The molecule has 24 heavy (non-hydrogen) atoms. The second kappa shape index (κ2) is 6.63. The number of carbonyl (C=O) groups is 1. The molecule has 1 aliphatic carbocycles. The van der Waals surface area contributed by atoms with Gasteiger partial charge in [-0.05, 0) is 50.2 Å². The molecular formula is C19H27N3O2. The van der Waals surface area contributed by atoms with E-state index in [0.29, 0.717) is 18.6 Å².